The topological polar surface area (TPSA) is 132 Å². The van der Waals surface area contributed by atoms with E-state index in [4.69, 9.17) is 20.6 Å². The average molecular weight is 667 g/mol. The van der Waals surface area contributed by atoms with E-state index >= 15 is 0 Å². The van der Waals surface area contributed by atoms with E-state index in [9.17, 15) is 21.6 Å². The molecule has 0 bridgehead atoms. The molecule has 0 saturated carbocycles. The SMILES string of the molecule is C[C@H](Oc1cc(-c2nn(C)c3c(-c4ccc(N5CCN(C)CC5)nc4)cnc(N)c23)ccc1NS(=O)(=O)C(F)F)c1ccc(F)cc1. The summed E-state index contributed by atoms with van der Waals surface area (Å²) in [5, 5.41) is 5.27. The van der Waals surface area contributed by atoms with Gasteiger partial charge in [0.25, 0.3) is 10.0 Å². The molecule has 3 N–H and O–H groups in total. The maximum Gasteiger partial charge on any atom is 0.355 e. The van der Waals surface area contributed by atoms with Gasteiger partial charge < -0.3 is 20.3 Å². The molecule has 1 saturated heterocycles. The number of rotatable bonds is 9. The van der Waals surface area contributed by atoms with E-state index in [-0.39, 0.29) is 17.3 Å². The molecule has 0 amide bonds. The number of aromatic nitrogens is 4. The zero-order chi connectivity index (χ0) is 33.5. The van der Waals surface area contributed by atoms with Crippen LogP contribution in [0.1, 0.15) is 18.6 Å². The third kappa shape index (κ3) is 6.53. The van der Waals surface area contributed by atoms with Gasteiger partial charge in [-0.1, -0.05) is 18.2 Å². The summed E-state index contributed by atoms with van der Waals surface area (Å²) in [6.45, 7) is 5.36. The minimum Gasteiger partial charge on any atom is -0.484 e. The minimum atomic E-state index is -5.02. The summed E-state index contributed by atoms with van der Waals surface area (Å²) in [7, 11) is -1.16. The Morgan fingerprint density at radius 3 is 2.30 bits per heavy atom. The second kappa shape index (κ2) is 12.7. The Bertz CT molecular complexity index is 2010. The Morgan fingerprint density at radius 1 is 0.936 bits per heavy atom. The maximum atomic E-state index is 13.5. The van der Waals surface area contributed by atoms with Crippen LogP contribution in [0.3, 0.4) is 0 Å². The molecule has 1 aliphatic heterocycles. The van der Waals surface area contributed by atoms with Gasteiger partial charge in [0, 0.05) is 62.3 Å². The lowest BCUT2D eigenvalue weighted by molar-refractivity contribution is 0.228. The van der Waals surface area contributed by atoms with E-state index < -0.39 is 27.7 Å². The fraction of sp³-hybridized carbons (Fsp3) is 0.281. The van der Waals surface area contributed by atoms with Crippen LogP contribution >= 0.6 is 0 Å². The number of alkyl halides is 2. The van der Waals surface area contributed by atoms with Crippen molar-refractivity contribution in [1.29, 1.82) is 0 Å². The van der Waals surface area contributed by atoms with E-state index in [1.165, 1.54) is 42.5 Å². The summed E-state index contributed by atoms with van der Waals surface area (Å²) in [6.07, 6.45) is 2.75. The number of halogens is 3. The summed E-state index contributed by atoms with van der Waals surface area (Å²) in [6, 6.07) is 13.8. The molecule has 1 atom stereocenters. The highest BCUT2D eigenvalue weighted by Gasteiger charge is 2.27. The van der Waals surface area contributed by atoms with Crippen LogP contribution < -0.4 is 20.1 Å². The van der Waals surface area contributed by atoms with Crippen LogP contribution in [-0.4, -0.2) is 72.1 Å². The summed E-state index contributed by atoms with van der Waals surface area (Å²) >= 11 is 0. The molecule has 0 unspecified atom stereocenters. The first-order valence-electron chi connectivity index (χ1n) is 14.8. The van der Waals surface area contributed by atoms with Crippen LogP contribution in [0.5, 0.6) is 5.75 Å². The fourth-order valence-corrected chi connectivity index (χ4v) is 6.12. The van der Waals surface area contributed by atoms with Gasteiger partial charge in [0.1, 0.15) is 35.0 Å². The number of nitrogen functional groups attached to an aromatic ring is 1. The number of anilines is 3. The summed E-state index contributed by atoms with van der Waals surface area (Å²) < 4.78 is 74.0. The van der Waals surface area contributed by atoms with Crippen LogP contribution in [0.4, 0.5) is 30.5 Å². The third-order valence-corrected chi connectivity index (χ3v) is 9.14. The predicted molar refractivity (Wildman–Crippen MR) is 175 cm³/mol. The van der Waals surface area contributed by atoms with Crippen LogP contribution in [-0.2, 0) is 17.1 Å². The molecule has 246 valence electrons. The van der Waals surface area contributed by atoms with Gasteiger partial charge in [0.2, 0.25) is 0 Å². The summed E-state index contributed by atoms with van der Waals surface area (Å²) in [4.78, 5) is 13.7. The smallest absolute Gasteiger partial charge is 0.355 e. The molecule has 11 nitrogen and oxygen atoms in total. The van der Waals surface area contributed by atoms with Gasteiger partial charge in [-0.25, -0.2) is 22.8 Å². The molecular weight excluding hydrogens is 633 g/mol. The number of hydrogen-bond donors (Lipinski definition) is 2. The molecule has 6 rings (SSSR count). The Hall–Kier alpha value is -4.89. The molecule has 47 heavy (non-hydrogen) atoms. The first kappa shape index (κ1) is 32.1. The molecule has 1 aliphatic rings. The Morgan fingerprint density at radius 2 is 1.64 bits per heavy atom. The second-order valence-corrected chi connectivity index (χ2v) is 13.0. The van der Waals surface area contributed by atoms with E-state index in [0.29, 0.717) is 27.7 Å². The van der Waals surface area contributed by atoms with Crippen molar-refractivity contribution in [1.82, 2.24) is 24.6 Å². The third-order valence-electron chi connectivity index (χ3n) is 8.16. The summed E-state index contributed by atoms with van der Waals surface area (Å²) in [5.41, 5.74) is 9.90. The van der Waals surface area contributed by atoms with E-state index in [0.717, 1.165) is 43.1 Å². The summed E-state index contributed by atoms with van der Waals surface area (Å²) in [5.74, 6) is -3.06. The van der Waals surface area contributed by atoms with Gasteiger partial charge in [0.05, 0.1) is 16.6 Å². The largest absolute Gasteiger partial charge is 0.484 e. The van der Waals surface area contributed by atoms with Gasteiger partial charge in [0.15, 0.2) is 0 Å². The van der Waals surface area contributed by atoms with Crippen molar-refractivity contribution in [2.75, 3.05) is 48.6 Å². The molecule has 4 heterocycles. The number of likely N-dealkylation sites (N-methyl/N-ethyl adjacent to an activating group) is 1. The average Bonchev–Trinajstić information content (AvgIpc) is 3.40. The lowest BCUT2D eigenvalue weighted by atomic mass is 10.0. The zero-order valence-electron chi connectivity index (χ0n) is 25.9. The van der Waals surface area contributed by atoms with Gasteiger partial charge in [-0.05, 0) is 55.9 Å². The molecule has 0 spiro atoms. The standard InChI is InChI=1S/C32H33F3N8O3S/c1-19(20-4-8-23(33)9-5-20)46-26-16-21(6-10-25(26)40-47(44,45)32(34)35)29-28-30(42(3)39-29)24(18-38-31(28)36)22-7-11-27(37-17-22)43-14-12-41(2)13-15-43/h4-11,16-19,32,40H,12-15H2,1-3H3,(H2,36,38)/t19-/m0/s1. The second-order valence-electron chi connectivity index (χ2n) is 11.4. The predicted octanol–water partition coefficient (Wildman–Crippen LogP) is 5.27. The number of pyridine rings is 2. The highest BCUT2D eigenvalue weighted by atomic mass is 32.2. The van der Waals surface area contributed by atoms with Crippen molar-refractivity contribution in [3.05, 3.63) is 78.4 Å². The van der Waals surface area contributed by atoms with Crippen molar-refractivity contribution < 1.29 is 26.3 Å². The van der Waals surface area contributed by atoms with Crippen molar-refractivity contribution >= 4 is 38.2 Å². The lowest BCUT2D eigenvalue weighted by Crippen LogP contribution is -2.44. The molecule has 0 radical (unpaired) electrons. The van der Waals surface area contributed by atoms with Crippen LogP contribution in [0.25, 0.3) is 33.3 Å². The normalized spacial score (nSPS) is 14.9. The quantitative estimate of drug-likeness (QED) is 0.216. The van der Waals surface area contributed by atoms with Crippen molar-refractivity contribution in [2.45, 2.75) is 18.8 Å². The molecule has 5 aromatic rings. The monoisotopic (exact) mass is 666 g/mol. The Kier molecular flexibility index (Phi) is 8.68. The van der Waals surface area contributed by atoms with Crippen molar-refractivity contribution in [3.8, 4) is 28.1 Å². The number of ether oxygens (including phenoxy) is 1. The number of fused-ring (bicyclic) bond motifs is 1. The first-order valence-corrected chi connectivity index (χ1v) is 16.3. The molecule has 15 heteroatoms. The molecule has 2 aromatic carbocycles. The number of nitrogens with one attached hydrogen (secondary N) is 1. The fourth-order valence-electron chi connectivity index (χ4n) is 5.56. The van der Waals surface area contributed by atoms with Gasteiger partial charge in [-0.3, -0.25) is 9.40 Å². The number of nitrogens with zero attached hydrogens (tertiary/aromatic N) is 6. The molecule has 3 aromatic heterocycles. The zero-order valence-corrected chi connectivity index (χ0v) is 26.7. The van der Waals surface area contributed by atoms with E-state index in [1.807, 2.05) is 16.9 Å². The number of aryl methyl sites for hydroxylation is 1. The maximum absolute atomic E-state index is 13.5. The number of piperazine rings is 1. The number of hydrogen-bond acceptors (Lipinski definition) is 9. The van der Waals surface area contributed by atoms with Gasteiger partial charge in [-0.2, -0.15) is 13.9 Å². The number of sulfonamides is 1. The van der Waals surface area contributed by atoms with Gasteiger partial charge >= 0.3 is 5.76 Å². The highest BCUT2D eigenvalue weighted by Crippen LogP contribution is 2.40. The molecule has 0 aliphatic carbocycles. The highest BCUT2D eigenvalue weighted by molar-refractivity contribution is 7.93. The van der Waals surface area contributed by atoms with Crippen LogP contribution in [0.15, 0.2) is 67.0 Å². The van der Waals surface area contributed by atoms with Crippen LogP contribution in [0.2, 0.25) is 0 Å². The molecular formula is C32H33F3N8O3S. The van der Waals surface area contributed by atoms with E-state index in [1.54, 1.807) is 31.0 Å². The number of benzene rings is 2. The Labute approximate surface area is 269 Å². The lowest BCUT2D eigenvalue weighted by Gasteiger charge is -2.33. The van der Waals surface area contributed by atoms with Crippen molar-refractivity contribution in [2.24, 2.45) is 7.05 Å². The molecule has 1 fully saturated rings. The van der Waals surface area contributed by atoms with Crippen LogP contribution in [0, 0.1) is 5.82 Å². The van der Waals surface area contributed by atoms with Gasteiger partial charge in [-0.15, -0.1) is 0 Å². The van der Waals surface area contributed by atoms with Crippen molar-refractivity contribution in [3.63, 3.8) is 0 Å². The first-order chi connectivity index (χ1) is 22.4. The number of nitrogens with two attached hydrogens (primary N) is 1. The Balaban J connectivity index is 1.40. The minimum absolute atomic E-state index is 0.0475. The van der Waals surface area contributed by atoms with E-state index in [2.05, 4.69) is 21.8 Å².